The Hall–Kier alpha value is -2.92. The summed E-state index contributed by atoms with van der Waals surface area (Å²) in [4.78, 5) is 8.53. The van der Waals surface area contributed by atoms with E-state index in [1.165, 1.54) is 6.33 Å². The van der Waals surface area contributed by atoms with Gasteiger partial charge >= 0.3 is 0 Å². The van der Waals surface area contributed by atoms with E-state index in [-0.39, 0.29) is 0 Å². The SMILES string of the molecule is Cc1ccccc1Nc1ncnc2onc(-c3ccc(Cl)cc3)c12. The zero-order valence-corrected chi connectivity index (χ0v) is 13.6. The van der Waals surface area contributed by atoms with Gasteiger partial charge in [0.1, 0.15) is 23.2 Å². The first-order chi connectivity index (χ1) is 11.7. The van der Waals surface area contributed by atoms with Gasteiger partial charge in [0, 0.05) is 16.3 Å². The number of halogens is 1. The highest BCUT2D eigenvalue weighted by Crippen LogP contribution is 2.33. The van der Waals surface area contributed by atoms with E-state index in [9.17, 15) is 0 Å². The molecule has 0 radical (unpaired) electrons. The van der Waals surface area contributed by atoms with Gasteiger partial charge in [0.15, 0.2) is 0 Å². The molecule has 5 nitrogen and oxygen atoms in total. The molecule has 24 heavy (non-hydrogen) atoms. The maximum absolute atomic E-state index is 5.97. The van der Waals surface area contributed by atoms with Gasteiger partial charge in [0.2, 0.25) is 0 Å². The maximum atomic E-state index is 5.97. The lowest BCUT2D eigenvalue weighted by Gasteiger charge is -2.09. The molecule has 4 rings (SSSR count). The minimum Gasteiger partial charge on any atom is -0.339 e. The van der Waals surface area contributed by atoms with Gasteiger partial charge in [0.05, 0.1) is 0 Å². The molecule has 118 valence electrons. The molecule has 0 atom stereocenters. The van der Waals surface area contributed by atoms with Crippen LogP contribution in [0.4, 0.5) is 11.5 Å². The van der Waals surface area contributed by atoms with Crippen molar-refractivity contribution in [3.63, 3.8) is 0 Å². The molecule has 0 saturated heterocycles. The number of hydrogen-bond donors (Lipinski definition) is 1. The van der Waals surface area contributed by atoms with Gasteiger partial charge < -0.3 is 9.84 Å². The molecule has 0 aliphatic carbocycles. The van der Waals surface area contributed by atoms with Crippen molar-refractivity contribution in [2.45, 2.75) is 6.92 Å². The molecule has 0 fully saturated rings. The Kier molecular flexibility index (Phi) is 3.63. The topological polar surface area (TPSA) is 63.8 Å². The molecule has 0 aliphatic rings. The van der Waals surface area contributed by atoms with E-state index < -0.39 is 0 Å². The van der Waals surface area contributed by atoms with Crippen LogP contribution in [0.5, 0.6) is 0 Å². The van der Waals surface area contributed by atoms with Gasteiger partial charge in [-0.05, 0) is 30.7 Å². The van der Waals surface area contributed by atoms with Crippen molar-refractivity contribution in [1.82, 2.24) is 15.1 Å². The molecule has 6 heteroatoms. The predicted octanol–water partition coefficient (Wildman–Crippen LogP) is 4.99. The number of benzene rings is 2. The van der Waals surface area contributed by atoms with Crippen molar-refractivity contribution in [1.29, 1.82) is 0 Å². The van der Waals surface area contributed by atoms with E-state index in [1.807, 2.05) is 55.5 Å². The maximum Gasteiger partial charge on any atom is 0.263 e. The van der Waals surface area contributed by atoms with Crippen molar-refractivity contribution < 1.29 is 4.52 Å². The van der Waals surface area contributed by atoms with E-state index in [4.69, 9.17) is 16.1 Å². The zero-order valence-electron chi connectivity index (χ0n) is 12.8. The number of aromatic nitrogens is 3. The highest BCUT2D eigenvalue weighted by molar-refractivity contribution is 6.30. The Labute approximate surface area is 143 Å². The Bertz CT molecular complexity index is 1010. The normalized spacial score (nSPS) is 10.9. The summed E-state index contributed by atoms with van der Waals surface area (Å²) in [5, 5.41) is 8.91. The van der Waals surface area contributed by atoms with Crippen LogP contribution in [0.3, 0.4) is 0 Å². The van der Waals surface area contributed by atoms with Crippen molar-refractivity contribution in [2.75, 3.05) is 5.32 Å². The third kappa shape index (κ3) is 2.59. The lowest BCUT2D eigenvalue weighted by Crippen LogP contribution is -1.97. The first-order valence-electron chi connectivity index (χ1n) is 7.41. The summed E-state index contributed by atoms with van der Waals surface area (Å²) in [6.07, 6.45) is 1.46. The molecule has 0 bridgehead atoms. The minimum absolute atomic E-state index is 0.436. The van der Waals surface area contributed by atoms with Crippen LogP contribution < -0.4 is 5.32 Å². The molecule has 1 N–H and O–H groups in total. The summed E-state index contributed by atoms with van der Waals surface area (Å²) in [5.74, 6) is 0.653. The fourth-order valence-corrected chi connectivity index (χ4v) is 2.65. The van der Waals surface area contributed by atoms with Crippen LogP contribution in [0.15, 0.2) is 59.4 Å². The van der Waals surface area contributed by atoms with E-state index >= 15 is 0 Å². The van der Waals surface area contributed by atoms with Gasteiger partial charge in [-0.25, -0.2) is 4.98 Å². The third-order valence-corrected chi connectivity index (χ3v) is 4.04. The third-order valence-electron chi connectivity index (χ3n) is 3.79. The monoisotopic (exact) mass is 336 g/mol. The summed E-state index contributed by atoms with van der Waals surface area (Å²) in [6.45, 7) is 2.04. The van der Waals surface area contributed by atoms with Crippen molar-refractivity contribution >= 4 is 34.2 Å². The largest absolute Gasteiger partial charge is 0.339 e. The molecular weight excluding hydrogens is 324 g/mol. The van der Waals surface area contributed by atoms with Crippen molar-refractivity contribution in [2.24, 2.45) is 0 Å². The number of aryl methyl sites for hydroxylation is 1. The van der Waals surface area contributed by atoms with Crippen molar-refractivity contribution in [3.8, 4) is 11.3 Å². The minimum atomic E-state index is 0.436. The summed E-state index contributed by atoms with van der Waals surface area (Å²) < 4.78 is 5.37. The summed E-state index contributed by atoms with van der Waals surface area (Å²) >= 11 is 5.97. The second-order valence-corrected chi connectivity index (χ2v) is 5.82. The van der Waals surface area contributed by atoms with Gasteiger partial charge in [-0.2, -0.15) is 4.98 Å². The molecule has 0 aliphatic heterocycles. The average Bonchev–Trinajstić information content (AvgIpc) is 3.03. The standard InChI is InChI=1S/C18H13ClN4O/c1-11-4-2-3-5-14(11)22-17-15-16(12-6-8-13(19)9-7-12)23-24-18(15)21-10-20-17/h2-10H,1H3,(H,20,21,22). The molecule has 2 aromatic heterocycles. The molecule has 0 spiro atoms. The van der Waals surface area contributed by atoms with Crippen LogP contribution in [0.25, 0.3) is 22.4 Å². The summed E-state index contributed by atoms with van der Waals surface area (Å²) in [5.41, 5.74) is 4.10. The van der Waals surface area contributed by atoms with Gasteiger partial charge in [-0.15, -0.1) is 0 Å². The lowest BCUT2D eigenvalue weighted by atomic mass is 10.1. The van der Waals surface area contributed by atoms with Crippen LogP contribution in [-0.4, -0.2) is 15.1 Å². The second kappa shape index (κ2) is 5.94. The molecule has 0 amide bonds. The Balaban J connectivity index is 1.86. The van der Waals surface area contributed by atoms with Gasteiger partial charge in [0.25, 0.3) is 5.71 Å². The molecular formula is C18H13ClN4O. The number of rotatable bonds is 3. The zero-order chi connectivity index (χ0) is 16.5. The van der Waals surface area contributed by atoms with E-state index in [0.717, 1.165) is 22.2 Å². The fourth-order valence-electron chi connectivity index (χ4n) is 2.53. The fraction of sp³-hybridized carbons (Fsp3) is 0.0556. The number of hydrogen-bond acceptors (Lipinski definition) is 5. The van der Waals surface area contributed by atoms with Crippen molar-refractivity contribution in [3.05, 3.63) is 65.4 Å². The predicted molar refractivity (Wildman–Crippen MR) is 94.5 cm³/mol. The number of nitrogens with zero attached hydrogens (tertiary/aromatic N) is 3. The Morgan fingerprint density at radius 1 is 1.00 bits per heavy atom. The molecule has 0 unspecified atom stereocenters. The summed E-state index contributed by atoms with van der Waals surface area (Å²) in [6, 6.07) is 15.4. The smallest absolute Gasteiger partial charge is 0.263 e. The van der Waals surface area contributed by atoms with Gasteiger partial charge in [-0.3, -0.25) is 0 Å². The number of anilines is 2. The number of nitrogens with one attached hydrogen (secondary N) is 1. The van der Waals surface area contributed by atoms with E-state index in [0.29, 0.717) is 22.2 Å². The average molecular weight is 337 g/mol. The molecule has 2 heterocycles. The van der Waals surface area contributed by atoms with Crippen LogP contribution in [-0.2, 0) is 0 Å². The quantitative estimate of drug-likeness (QED) is 0.571. The van der Waals surface area contributed by atoms with Crippen LogP contribution in [0.2, 0.25) is 5.02 Å². The molecule has 4 aromatic rings. The lowest BCUT2D eigenvalue weighted by molar-refractivity contribution is 0.451. The molecule has 2 aromatic carbocycles. The van der Waals surface area contributed by atoms with Crippen LogP contribution in [0.1, 0.15) is 5.56 Å². The highest BCUT2D eigenvalue weighted by atomic mass is 35.5. The van der Waals surface area contributed by atoms with E-state index in [1.54, 1.807) is 0 Å². The first-order valence-corrected chi connectivity index (χ1v) is 7.79. The first kappa shape index (κ1) is 14.7. The van der Waals surface area contributed by atoms with Gasteiger partial charge in [-0.1, -0.05) is 47.1 Å². The summed E-state index contributed by atoms with van der Waals surface area (Å²) in [7, 11) is 0. The number of fused-ring (bicyclic) bond motifs is 1. The second-order valence-electron chi connectivity index (χ2n) is 5.38. The highest BCUT2D eigenvalue weighted by Gasteiger charge is 2.17. The van der Waals surface area contributed by atoms with Crippen LogP contribution >= 0.6 is 11.6 Å². The number of para-hydroxylation sites is 1. The Morgan fingerprint density at radius 2 is 1.79 bits per heavy atom. The molecule has 0 saturated carbocycles. The van der Waals surface area contributed by atoms with E-state index in [2.05, 4.69) is 20.4 Å². The van der Waals surface area contributed by atoms with Crippen LogP contribution in [0, 0.1) is 6.92 Å². The Morgan fingerprint density at radius 3 is 2.58 bits per heavy atom.